The van der Waals surface area contributed by atoms with Crippen LogP contribution in [-0.4, -0.2) is 29.3 Å². The lowest BCUT2D eigenvalue weighted by Crippen LogP contribution is -2.18. The first-order valence-corrected chi connectivity index (χ1v) is 4.95. The van der Waals surface area contributed by atoms with Gasteiger partial charge in [0.2, 0.25) is 0 Å². The van der Waals surface area contributed by atoms with E-state index < -0.39 is 40.7 Å². The van der Waals surface area contributed by atoms with Crippen LogP contribution in [0.5, 0.6) is 5.75 Å². The van der Waals surface area contributed by atoms with E-state index in [4.69, 9.17) is 10.8 Å². The number of aromatic hydroxyl groups is 1. The van der Waals surface area contributed by atoms with Crippen molar-refractivity contribution in [2.24, 2.45) is 5.73 Å². The summed E-state index contributed by atoms with van der Waals surface area (Å²) in [6.07, 6.45) is -0.371. The lowest BCUT2D eigenvalue weighted by molar-refractivity contribution is -0.141. The number of rotatable bonds is 4. The second-order valence-electron chi connectivity index (χ2n) is 3.55. The third kappa shape index (κ3) is 2.75. The van der Waals surface area contributed by atoms with E-state index >= 15 is 0 Å². The number of aromatic carboxylic acids is 1. The Kier molecular flexibility index (Phi) is 4.22. The van der Waals surface area contributed by atoms with Crippen LogP contribution in [0.1, 0.15) is 28.4 Å². The minimum Gasteiger partial charge on any atom is -0.507 e. The Morgan fingerprint density at radius 2 is 2.11 bits per heavy atom. The summed E-state index contributed by atoms with van der Waals surface area (Å²) in [6.45, 7) is 0. The number of carbonyl (C=O) groups excluding carboxylic acids is 1. The topological polar surface area (TPSA) is 110 Å². The zero-order valence-corrected chi connectivity index (χ0v) is 9.51. The molecule has 1 rings (SSSR count). The van der Waals surface area contributed by atoms with Crippen LogP contribution < -0.4 is 5.73 Å². The molecular formula is C11H12FNO5. The predicted octanol–water partition coefficient (Wildman–Crippen LogP) is 0.792. The molecule has 0 aliphatic heterocycles. The second-order valence-corrected chi connectivity index (χ2v) is 3.55. The Hall–Kier alpha value is -2.15. The number of nitrogens with two attached hydrogens (primary N) is 1. The molecule has 0 saturated carbocycles. The van der Waals surface area contributed by atoms with Crippen LogP contribution in [0.25, 0.3) is 0 Å². The second kappa shape index (κ2) is 5.46. The molecule has 0 aliphatic carbocycles. The average molecular weight is 257 g/mol. The summed E-state index contributed by atoms with van der Waals surface area (Å²) in [5, 5.41) is 18.4. The fourth-order valence-electron chi connectivity index (χ4n) is 1.47. The lowest BCUT2D eigenvalue weighted by Gasteiger charge is -2.14. The van der Waals surface area contributed by atoms with Gasteiger partial charge in [0, 0.05) is 11.6 Å². The van der Waals surface area contributed by atoms with Crippen molar-refractivity contribution in [3.05, 3.63) is 29.1 Å². The molecule has 1 atom stereocenters. The van der Waals surface area contributed by atoms with Gasteiger partial charge in [-0.2, -0.15) is 0 Å². The number of methoxy groups -OCH3 is 1. The first kappa shape index (κ1) is 13.9. The molecule has 1 aromatic carbocycles. The zero-order chi connectivity index (χ0) is 13.9. The van der Waals surface area contributed by atoms with Crippen molar-refractivity contribution in [1.29, 1.82) is 0 Å². The molecular weight excluding hydrogens is 245 g/mol. The fraction of sp³-hybridized carbons (Fsp3) is 0.273. The quantitative estimate of drug-likeness (QED) is 0.688. The summed E-state index contributed by atoms with van der Waals surface area (Å²) in [4.78, 5) is 21.8. The Bertz CT molecular complexity index is 489. The fourth-order valence-corrected chi connectivity index (χ4v) is 1.47. The Morgan fingerprint density at radius 3 is 2.61 bits per heavy atom. The number of carbonyl (C=O) groups is 2. The molecule has 6 nitrogen and oxygen atoms in total. The van der Waals surface area contributed by atoms with Crippen LogP contribution in [-0.2, 0) is 9.53 Å². The highest BCUT2D eigenvalue weighted by molar-refractivity contribution is 5.91. The van der Waals surface area contributed by atoms with E-state index in [1.54, 1.807) is 0 Å². The van der Waals surface area contributed by atoms with Crippen molar-refractivity contribution in [2.45, 2.75) is 12.5 Å². The smallest absolute Gasteiger partial charge is 0.339 e. The number of hydrogen-bond acceptors (Lipinski definition) is 5. The minimum absolute atomic E-state index is 0.371. The summed E-state index contributed by atoms with van der Waals surface area (Å²) in [5.74, 6) is -3.77. The summed E-state index contributed by atoms with van der Waals surface area (Å²) in [5.41, 5.74) is 4.65. The van der Waals surface area contributed by atoms with E-state index in [1.807, 2.05) is 0 Å². The van der Waals surface area contributed by atoms with Crippen molar-refractivity contribution in [2.75, 3.05) is 7.11 Å². The van der Waals surface area contributed by atoms with Gasteiger partial charge in [0.05, 0.1) is 13.5 Å². The monoisotopic (exact) mass is 257 g/mol. The first-order valence-electron chi connectivity index (χ1n) is 4.95. The molecule has 0 radical (unpaired) electrons. The highest BCUT2D eigenvalue weighted by Crippen LogP contribution is 2.31. The van der Waals surface area contributed by atoms with Crippen LogP contribution in [0.3, 0.4) is 0 Å². The first-order chi connectivity index (χ1) is 8.38. The molecule has 4 N–H and O–H groups in total. The van der Waals surface area contributed by atoms with Gasteiger partial charge in [0.1, 0.15) is 17.1 Å². The molecule has 0 fully saturated rings. The molecule has 0 heterocycles. The van der Waals surface area contributed by atoms with E-state index in [0.29, 0.717) is 0 Å². The normalized spacial score (nSPS) is 11.9. The van der Waals surface area contributed by atoms with E-state index in [9.17, 15) is 19.1 Å². The summed E-state index contributed by atoms with van der Waals surface area (Å²) in [6, 6.07) is 0.605. The number of carboxylic acids is 1. The van der Waals surface area contributed by atoms with Crippen molar-refractivity contribution in [3.8, 4) is 5.75 Å². The van der Waals surface area contributed by atoms with Crippen LogP contribution in [0, 0.1) is 5.82 Å². The van der Waals surface area contributed by atoms with Gasteiger partial charge in [-0.05, 0) is 12.1 Å². The van der Waals surface area contributed by atoms with Crippen LogP contribution >= 0.6 is 0 Å². The number of phenols is 1. The zero-order valence-electron chi connectivity index (χ0n) is 9.51. The van der Waals surface area contributed by atoms with Crippen molar-refractivity contribution < 1.29 is 28.9 Å². The van der Waals surface area contributed by atoms with Crippen LogP contribution in [0.4, 0.5) is 4.39 Å². The van der Waals surface area contributed by atoms with E-state index in [1.165, 1.54) is 0 Å². The van der Waals surface area contributed by atoms with Crippen LogP contribution in [0.15, 0.2) is 12.1 Å². The van der Waals surface area contributed by atoms with Gasteiger partial charge in [-0.15, -0.1) is 0 Å². The third-order valence-electron chi connectivity index (χ3n) is 2.38. The van der Waals surface area contributed by atoms with Gasteiger partial charge >= 0.3 is 11.9 Å². The summed E-state index contributed by atoms with van der Waals surface area (Å²) in [7, 11) is 1.14. The number of hydrogen-bond donors (Lipinski definition) is 3. The van der Waals surface area contributed by atoms with Crippen molar-refractivity contribution in [3.63, 3.8) is 0 Å². The van der Waals surface area contributed by atoms with Gasteiger partial charge < -0.3 is 20.7 Å². The van der Waals surface area contributed by atoms with Crippen molar-refractivity contribution >= 4 is 11.9 Å². The number of benzene rings is 1. The van der Waals surface area contributed by atoms with E-state index in [0.717, 1.165) is 19.2 Å². The average Bonchev–Trinajstić information content (AvgIpc) is 2.28. The number of esters is 1. The molecule has 18 heavy (non-hydrogen) atoms. The molecule has 0 amide bonds. The Labute approximate surface area is 102 Å². The molecule has 0 aromatic heterocycles. The van der Waals surface area contributed by atoms with Gasteiger partial charge in [0.15, 0.2) is 0 Å². The summed E-state index contributed by atoms with van der Waals surface area (Å²) < 4.78 is 17.9. The SMILES string of the molecule is COC(=O)C[C@@H](N)c1c(F)ccc(C(=O)O)c1O. The Morgan fingerprint density at radius 1 is 1.50 bits per heavy atom. The molecule has 0 spiro atoms. The maximum Gasteiger partial charge on any atom is 0.339 e. The van der Waals surface area contributed by atoms with Crippen LogP contribution in [0.2, 0.25) is 0 Å². The maximum atomic E-state index is 13.5. The largest absolute Gasteiger partial charge is 0.507 e. The number of halogens is 1. The van der Waals surface area contributed by atoms with Gasteiger partial charge in [-0.25, -0.2) is 9.18 Å². The standard InChI is InChI=1S/C11H12FNO5/c1-18-8(14)4-7(13)9-6(12)3-2-5(10(9)15)11(16)17/h2-3,7,15H,4,13H2,1H3,(H,16,17)/t7-/m1/s1. The summed E-state index contributed by atoms with van der Waals surface area (Å²) >= 11 is 0. The molecule has 1 aromatic rings. The highest BCUT2D eigenvalue weighted by Gasteiger charge is 2.23. The van der Waals surface area contributed by atoms with E-state index in [2.05, 4.69) is 4.74 Å². The third-order valence-corrected chi connectivity index (χ3v) is 2.38. The highest BCUT2D eigenvalue weighted by atomic mass is 19.1. The minimum atomic E-state index is -1.42. The lowest BCUT2D eigenvalue weighted by atomic mass is 9.99. The van der Waals surface area contributed by atoms with Gasteiger partial charge in [-0.1, -0.05) is 0 Å². The number of ether oxygens (including phenoxy) is 1. The molecule has 7 heteroatoms. The molecule has 0 aliphatic rings. The predicted molar refractivity (Wildman–Crippen MR) is 58.6 cm³/mol. The van der Waals surface area contributed by atoms with E-state index in [-0.39, 0.29) is 6.42 Å². The Balaban J connectivity index is 3.18. The molecule has 98 valence electrons. The molecule has 0 bridgehead atoms. The molecule has 0 saturated heterocycles. The number of carboxylic acid groups (broad SMARTS) is 1. The maximum absolute atomic E-state index is 13.5. The van der Waals surface area contributed by atoms with Crippen molar-refractivity contribution in [1.82, 2.24) is 0 Å². The van der Waals surface area contributed by atoms with Gasteiger partial charge in [-0.3, -0.25) is 4.79 Å². The molecule has 0 unspecified atom stereocenters. The van der Waals surface area contributed by atoms with Gasteiger partial charge in [0.25, 0.3) is 0 Å².